The standard InChI is InChI=1S/C21H22N4O2/c1-27-18-3-5-19-17(14-18)2-4-20(23-19)21(26)25-12-10-24(11-13-25)15-16-6-8-22-9-7-16/h2-9,14H,10-13,15H2,1H3. The Hall–Kier alpha value is -2.99. The third-order valence-corrected chi connectivity index (χ3v) is 4.93. The number of amides is 1. The van der Waals surface area contributed by atoms with Gasteiger partial charge in [0, 0.05) is 50.5 Å². The first-order valence-corrected chi connectivity index (χ1v) is 9.08. The number of pyridine rings is 2. The smallest absolute Gasteiger partial charge is 0.272 e. The van der Waals surface area contributed by atoms with Gasteiger partial charge in [0.25, 0.3) is 5.91 Å². The number of carbonyl (C=O) groups is 1. The van der Waals surface area contributed by atoms with Crippen LogP contribution < -0.4 is 4.74 Å². The van der Waals surface area contributed by atoms with E-state index in [-0.39, 0.29) is 5.91 Å². The van der Waals surface area contributed by atoms with Gasteiger partial charge in [0.05, 0.1) is 12.6 Å². The zero-order chi connectivity index (χ0) is 18.6. The molecule has 3 aromatic rings. The molecule has 6 nitrogen and oxygen atoms in total. The second-order valence-electron chi connectivity index (χ2n) is 6.68. The molecule has 1 aliphatic rings. The van der Waals surface area contributed by atoms with E-state index >= 15 is 0 Å². The van der Waals surface area contributed by atoms with Crippen molar-refractivity contribution in [3.05, 3.63) is 66.1 Å². The fraction of sp³-hybridized carbons (Fsp3) is 0.286. The molecule has 0 spiro atoms. The monoisotopic (exact) mass is 362 g/mol. The predicted octanol–water partition coefficient (Wildman–Crippen LogP) is 2.60. The maximum Gasteiger partial charge on any atom is 0.272 e. The molecule has 0 atom stereocenters. The van der Waals surface area contributed by atoms with Crippen molar-refractivity contribution >= 4 is 16.8 Å². The third kappa shape index (κ3) is 3.90. The van der Waals surface area contributed by atoms with Crippen molar-refractivity contribution in [2.45, 2.75) is 6.54 Å². The van der Waals surface area contributed by atoms with E-state index in [0.717, 1.165) is 36.3 Å². The first-order valence-electron chi connectivity index (χ1n) is 9.08. The molecule has 1 aliphatic heterocycles. The summed E-state index contributed by atoms with van der Waals surface area (Å²) in [4.78, 5) is 25.7. The highest BCUT2D eigenvalue weighted by Gasteiger charge is 2.23. The number of methoxy groups -OCH3 is 1. The van der Waals surface area contributed by atoms with E-state index in [2.05, 4.69) is 14.9 Å². The Labute approximate surface area is 158 Å². The molecule has 0 aliphatic carbocycles. The lowest BCUT2D eigenvalue weighted by molar-refractivity contribution is 0.0623. The van der Waals surface area contributed by atoms with Crippen molar-refractivity contribution in [2.75, 3.05) is 33.3 Å². The minimum atomic E-state index is -0.00345. The van der Waals surface area contributed by atoms with E-state index in [1.807, 2.05) is 53.7 Å². The zero-order valence-electron chi connectivity index (χ0n) is 15.3. The molecule has 138 valence electrons. The molecular formula is C21H22N4O2. The van der Waals surface area contributed by atoms with Gasteiger partial charge in [0.15, 0.2) is 0 Å². The second-order valence-corrected chi connectivity index (χ2v) is 6.68. The van der Waals surface area contributed by atoms with E-state index in [0.29, 0.717) is 18.8 Å². The van der Waals surface area contributed by atoms with Crippen molar-refractivity contribution in [2.24, 2.45) is 0 Å². The number of nitrogens with zero attached hydrogens (tertiary/aromatic N) is 4. The lowest BCUT2D eigenvalue weighted by atomic mass is 10.1. The molecule has 1 aromatic carbocycles. The molecule has 27 heavy (non-hydrogen) atoms. The first-order chi connectivity index (χ1) is 13.2. The maximum atomic E-state index is 12.8. The number of hydrogen-bond donors (Lipinski definition) is 0. The summed E-state index contributed by atoms with van der Waals surface area (Å²) >= 11 is 0. The SMILES string of the molecule is COc1ccc2nc(C(=O)N3CCN(Cc4ccncc4)CC3)ccc2c1. The number of ether oxygens (including phenoxy) is 1. The Kier molecular flexibility index (Phi) is 4.98. The highest BCUT2D eigenvalue weighted by Crippen LogP contribution is 2.20. The number of carbonyl (C=O) groups excluding carboxylic acids is 1. The highest BCUT2D eigenvalue weighted by molar-refractivity contribution is 5.95. The molecule has 0 saturated carbocycles. The summed E-state index contributed by atoms with van der Waals surface area (Å²) in [5.41, 5.74) is 2.55. The van der Waals surface area contributed by atoms with Gasteiger partial charge in [-0.2, -0.15) is 0 Å². The lowest BCUT2D eigenvalue weighted by Gasteiger charge is -2.34. The van der Waals surface area contributed by atoms with Crippen molar-refractivity contribution < 1.29 is 9.53 Å². The third-order valence-electron chi connectivity index (χ3n) is 4.93. The summed E-state index contributed by atoms with van der Waals surface area (Å²) in [6, 6.07) is 13.5. The average Bonchev–Trinajstić information content (AvgIpc) is 2.74. The van der Waals surface area contributed by atoms with Crippen molar-refractivity contribution in [3.8, 4) is 5.75 Å². The number of fused-ring (bicyclic) bond motifs is 1. The molecule has 0 radical (unpaired) electrons. The van der Waals surface area contributed by atoms with Gasteiger partial charge in [-0.15, -0.1) is 0 Å². The van der Waals surface area contributed by atoms with Gasteiger partial charge in [-0.1, -0.05) is 6.07 Å². The fourth-order valence-electron chi connectivity index (χ4n) is 3.37. The van der Waals surface area contributed by atoms with Crippen LogP contribution in [0, 0.1) is 0 Å². The van der Waals surface area contributed by atoms with Crippen LogP contribution >= 0.6 is 0 Å². The normalized spacial score (nSPS) is 15.1. The van der Waals surface area contributed by atoms with E-state index in [1.165, 1.54) is 5.56 Å². The summed E-state index contributed by atoms with van der Waals surface area (Å²) in [6.45, 7) is 4.04. The van der Waals surface area contributed by atoms with Crippen LogP contribution in [-0.4, -0.2) is 59.0 Å². The summed E-state index contributed by atoms with van der Waals surface area (Å²) < 4.78 is 5.24. The molecule has 0 unspecified atom stereocenters. The van der Waals surface area contributed by atoms with Gasteiger partial charge in [-0.25, -0.2) is 4.98 Å². The van der Waals surface area contributed by atoms with E-state index < -0.39 is 0 Å². The highest BCUT2D eigenvalue weighted by atomic mass is 16.5. The van der Waals surface area contributed by atoms with E-state index in [9.17, 15) is 4.79 Å². The molecule has 0 N–H and O–H groups in total. The minimum Gasteiger partial charge on any atom is -0.497 e. The minimum absolute atomic E-state index is 0.00345. The molecule has 6 heteroatoms. The Morgan fingerprint density at radius 1 is 1.04 bits per heavy atom. The van der Waals surface area contributed by atoms with Crippen LogP contribution in [0.15, 0.2) is 54.9 Å². The zero-order valence-corrected chi connectivity index (χ0v) is 15.3. The average molecular weight is 362 g/mol. The number of rotatable bonds is 4. The molecule has 1 saturated heterocycles. The predicted molar refractivity (Wildman–Crippen MR) is 104 cm³/mol. The Morgan fingerprint density at radius 2 is 1.81 bits per heavy atom. The number of piperazine rings is 1. The molecular weight excluding hydrogens is 340 g/mol. The lowest BCUT2D eigenvalue weighted by Crippen LogP contribution is -2.48. The van der Waals surface area contributed by atoms with Gasteiger partial charge >= 0.3 is 0 Å². The van der Waals surface area contributed by atoms with Crippen LogP contribution in [-0.2, 0) is 6.54 Å². The summed E-state index contributed by atoms with van der Waals surface area (Å²) in [5.74, 6) is 0.782. The quantitative estimate of drug-likeness (QED) is 0.714. The first kappa shape index (κ1) is 17.4. The topological polar surface area (TPSA) is 58.6 Å². The van der Waals surface area contributed by atoms with Crippen LogP contribution in [0.25, 0.3) is 10.9 Å². The van der Waals surface area contributed by atoms with Crippen molar-refractivity contribution in [1.29, 1.82) is 0 Å². The molecule has 4 rings (SSSR count). The molecule has 0 bridgehead atoms. The van der Waals surface area contributed by atoms with Gasteiger partial charge < -0.3 is 9.64 Å². The van der Waals surface area contributed by atoms with E-state index in [4.69, 9.17) is 4.74 Å². The second kappa shape index (κ2) is 7.72. The number of benzene rings is 1. The maximum absolute atomic E-state index is 12.8. The van der Waals surface area contributed by atoms with Crippen LogP contribution in [0.4, 0.5) is 0 Å². The summed E-state index contributed by atoms with van der Waals surface area (Å²) in [7, 11) is 1.64. The molecule has 3 heterocycles. The fourth-order valence-corrected chi connectivity index (χ4v) is 3.37. The van der Waals surface area contributed by atoms with Crippen LogP contribution in [0.2, 0.25) is 0 Å². The van der Waals surface area contributed by atoms with Gasteiger partial charge in [0.1, 0.15) is 11.4 Å². The summed E-state index contributed by atoms with van der Waals surface area (Å²) in [5, 5.41) is 0.966. The van der Waals surface area contributed by atoms with Gasteiger partial charge in [-0.3, -0.25) is 14.7 Å². The number of hydrogen-bond acceptors (Lipinski definition) is 5. The van der Waals surface area contributed by atoms with Crippen LogP contribution in [0.1, 0.15) is 16.1 Å². The molecule has 1 amide bonds. The van der Waals surface area contributed by atoms with E-state index in [1.54, 1.807) is 13.2 Å². The van der Waals surface area contributed by atoms with Crippen molar-refractivity contribution in [1.82, 2.24) is 19.8 Å². The Bertz CT molecular complexity index is 937. The Morgan fingerprint density at radius 3 is 2.56 bits per heavy atom. The van der Waals surface area contributed by atoms with Gasteiger partial charge in [-0.05, 0) is 42.0 Å². The number of aromatic nitrogens is 2. The van der Waals surface area contributed by atoms with Crippen LogP contribution in [0.5, 0.6) is 5.75 Å². The van der Waals surface area contributed by atoms with Gasteiger partial charge in [0.2, 0.25) is 0 Å². The largest absolute Gasteiger partial charge is 0.497 e. The Balaban J connectivity index is 1.41. The van der Waals surface area contributed by atoms with Crippen molar-refractivity contribution in [3.63, 3.8) is 0 Å². The van der Waals surface area contributed by atoms with Crippen LogP contribution in [0.3, 0.4) is 0 Å². The molecule has 2 aromatic heterocycles. The molecule has 1 fully saturated rings. The summed E-state index contributed by atoms with van der Waals surface area (Å²) in [6.07, 6.45) is 3.63.